The van der Waals surface area contributed by atoms with Crippen LogP contribution >= 0.6 is 0 Å². The maximum atomic E-state index is 12.5. The van der Waals surface area contributed by atoms with Crippen molar-refractivity contribution in [2.45, 2.75) is 51.1 Å². The van der Waals surface area contributed by atoms with Crippen LogP contribution in [0.3, 0.4) is 0 Å². The third-order valence-corrected chi connectivity index (χ3v) is 6.75. The van der Waals surface area contributed by atoms with Gasteiger partial charge in [-0.1, -0.05) is 13.3 Å². The van der Waals surface area contributed by atoms with E-state index < -0.39 is 10.0 Å². The van der Waals surface area contributed by atoms with Gasteiger partial charge in [0, 0.05) is 25.7 Å². The van der Waals surface area contributed by atoms with Crippen molar-refractivity contribution < 1.29 is 13.2 Å². The molecular formula is C15H24N4O3S. The monoisotopic (exact) mass is 340 g/mol. The molecule has 7 nitrogen and oxygen atoms in total. The molecule has 1 aromatic rings. The highest BCUT2D eigenvalue weighted by atomic mass is 32.2. The molecule has 0 radical (unpaired) electrons. The van der Waals surface area contributed by atoms with Gasteiger partial charge in [0.1, 0.15) is 0 Å². The largest absolute Gasteiger partial charge is 0.346 e. The number of hydrogen-bond acceptors (Lipinski definition) is 4. The van der Waals surface area contributed by atoms with Gasteiger partial charge in [0.15, 0.2) is 0 Å². The van der Waals surface area contributed by atoms with Crippen molar-refractivity contribution in [2.75, 3.05) is 5.75 Å². The summed E-state index contributed by atoms with van der Waals surface area (Å²) in [4.78, 5) is 11.8. The second-order valence-corrected chi connectivity index (χ2v) is 8.87. The molecule has 1 saturated heterocycles. The number of amides is 1. The van der Waals surface area contributed by atoms with Gasteiger partial charge >= 0.3 is 0 Å². The quantitative estimate of drug-likeness (QED) is 0.831. The number of nitrogens with one attached hydrogen (secondary N) is 2. The lowest BCUT2D eigenvalue weighted by Crippen LogP contribution is -2.52. The van der Waals surface area contributed by atoms with Crippen molar-refractivity contribution in [2.24, 2.45) is 12.5 Å². The van der Waals surface area contributed by atoms with E-state index >= 15 is 0 Å². The minimum absolute atomic E-state index is 0.0578. The fourth-order valence-corrected chi connectivity index (χ4v) is 5.56. The van der Waals surface area contributed by atoms with Crippen LogP contribution in [0.4, 0.5) is 0 Å². The number of carbonyl (C=O) groups is 1. The van der Waals surface area contributed by atoms with Crippen molar-refractivity contribution in [1.82, 2.24) is 19.8 Å². The Morgan fingerprint density at radius 3 is 2.78 bits per heavy atom. The molecule has 2 fully saturated rings. The van der Waals surface area contributed by atoms with Crippen LogP contribution in [0.1, 0.15) is 50.8 Å². The summed E-state index contributed by atoms with van der Waals surface area (Å²) in [6.07, 6.45) is 5.50. The van der Waals surface area contributed by atoms with Crippen LogP contribution in [-0.2, 0) is 21.9 Å². The van der Waals surface area contributed by atoms with Gasteiger partial charge in [0.2, 0.25) is 15.9 Å². The Morgan fingerprint density at radius 1 is 1.48 bits per heavy atom. The molecule has 1 aliphatic heterocycles. The summed E-state index contributed by atoms with van der Waals surface area (Å²) in [5, 5.41) is 7.01. The Morgan fingerprint density at radius 2 is 2.22 bits per heavy atom. The van der Waals surface area contributed by atoms with E-state index in [1.54, 1.807) is 17.9 Å². The van der Waals surface area contributed by atoms with E-state index in [2.05, 4.69) is 15.1 Å². The highest BCUT2D eigenvalue weighted by Gasteiger charge is 2.39. The van der Waals surface area contributed by atoms with E-state index in [1.807, 2.05) is 13.0 Å². The number of aromatic nitrogens is 2. The van der Waals surface area contributed by atoms with Gasteiger partial charge in [-0.2, -0.15) is 5.10 Å². The van der Waals surface area contributed by atoms with E-state index in [-0.39, 0.29) is 29.2 Å². The van der Waals surface area contributed by atoms with Crippen molar-refractivity contribution in [3.05, 3.63) is 18.0 Å². The SMILES string of the molecule is Cn1nccc1[C@@H]1NC(=O)CC[C@H]1NS(=O)(=O)CC1(C)CCC1. The Kier molecular flexibility index (Phi) is 4.22. The van der Waals surface area contributed by atoms with Crippen LogP contribution < -0.4 is 10.0 Å². The molecule has 1 amide bonds. The van der Waals surface area contributed by atoms with Gasteiger partial charge < -0.3 is 5.32 Å². The van der Waals surface area contributed by atoms with Crippen molar-refractivity contribution in [3.8, 4) is 0 Å². The molecule has 0 aromatic carbocycles. The maximum Gasteiger partial charge on any atom is 0.220 e. The minimum Gasteiger partial charge on any atom is -0.346 e. The minimum atomic E-state index is -3.39. The first-order valence-electron chi connectivity index (χ1n) is 8.05. The lowest BCUT2D eigenvalue weighted by molar-refractivity contribution is -0.123. The second-order valence-electron chi connectivity index (χ2n) is 7.11. The van der Waals surface area contributed by atoms with Gasteiger partial charge in [0.25, 0.3) is 0 Å². The highest BCUT2D eigenvalue weighted by molar-refractivity contribution is 7.89. The molecule has 0 spiro atoms. The first kappa shape index (κ1) is 16.4. The highest BCUT2D eigenvalue weighted by Crippen LogP contribution is 2.41. The molecule has 8 heteroatoms. The molecule has 0 unspecified atom stereocenters. The Labute approximate surface area is 136 Å². The van der Waals surface area contributed by atoms with Gasteiger partial charge in [-0.15, -0.1) is 0 Å². The third kappa shape index (κ3) is 3.58. The van der Waals surface area contributed by atoms with E-state index in [1.165, 1.54) is 0 Å². The number of piperidine rings is 1. The third-order valence-electron chi connectivity index (χ3n) is 5.01. The Balaban J connectivity index is 1.76. The summed E-state index contributed by atoms with van der Waals surface area (Å²) in [6.45, 7) is 2.02. The first-order chi connectivity index (χ1) is 10.8. The van der Waals surface area contributed by atoms with Crippen LogP contribution in [0.25, 0.3) is 0 Å². The van der Waals surface area contributed by atoms with Crippen molar-refractivity contribution in [3.63, 3.8) is 0 Å². The van der Waals surface area contributed by atoms with Crippen LogP contribution in [-0.4, -0.2) is 35.9 Å². The van der Waals surface area contributed by atoms with Gasteiger partial charge in [-0.3, -0.25) is 9.48 Å². The van der Waals surface area contributed by atoms with Crippen LogP contribution in [0.15, 0.2) is 12.3 Å². The predicted octanol–water partition coefficient (Wildman–Crippen LogP) is 0.849. The number of rotatable bonds is 5. The Bertz CT molecular complexity index is 693. The molecular weight excluding hydrogens is 316 g/mol. The van der Waals surface area contributed by atoms with Gasteiger partial charge in [-0.05, 0) is 30.7 Å². The molecule has 23 heavy (non-hydrogen) atoms. The van der Waals surface area contributed by atoms with Crippen LogP contribution in [0.2, 0.25) is 0 Å². The fraction of sp³-hybridized carbons (Fsp3) is 0.733. The average Bonchev–Trinajstić information content (AvgIpc) is 2.84. The summed E-state index contributed by atoms with van der Waals surface area (Å²) >= 11 is 0. The maximum absolute atomic E-state index is 12.5. The molecule has 2 aliphatic rings. The van der Waals surface area contributed by atoms with Crippen molar-refractivity contribution >= 4 is 15.9 Å². The van der Waals surface area contributed by atoms with Crippen LogP contribution in [0, 0.1) is 5.41 Å². The summed E-state index contributed by atoms with van der Waals surface area (Å²) < 4.78 is 29.6. The molecule has 2 heterocycles. The van der Waals surface area contributed by atoms with E-state index in [0.29, 0.717) is 12.8 Å². The lowest BCUT2D eigenvalue weighted by atomic mass is 9.72. The first-order valence-corrected chi connectivity index (χ1v) is 9.71. The molecule has 1 aliphatic carbocycles. The summed E-state index contributed by atoms with van der Waals surface area (Å²) in [7, 11) is -1.60. The smallest absolute Gasteiger partial charge is 0.220 e. The zero-order chi connectivity index (χ0) is 16.7. The van der Waals surface area contributed by atoms with E-state index in [9.17, 15) is 13.2 Å². The van der Waals surface area contributed by atoms with Gasteiger partial charge in [-0.25, -0.2) is 13.1 Å². The zero-order valence-electron chi connectivity index (χ0n) is 13.6. The summed E-state index contributed by atoms with van der Waals surface area (Å²) in [5.41, 5.74) is 0.701. The number of nitrogens with zero attached hydrogens (tertiary/aromatic N) is 2. The second kappa shape index (κ2) is 5.90. The molecule has 128 valence electrons. The number of sulfonamides is 1. The molecule has 3 rings (SSSR count). The summed E-state index contributed by atoms with van der Waals surface area (Å²) in [6, 6.07) is 1.09. The normalized spacial score (nSPS) is 27.3. The molecule has 1 saturated carbocycles. The molecule has 2 atom stereocenters. The fourth-order valence-electron chi connectivity index (χ4n) is 3.55. The van der Waals surface area contributed by atoms with Crippen molar-refractivity contribution in [1.29, 1.82) is 0 Å². The van der Waals surface area contributed by atoms with Crippen LogP contribution in [0.5, 0.6) is 0 Å². The number of carbonyl (C=O) groups excluding carboxylic acids is 1. The predicted molar refractivity (Wildman–Crippen MR) is 86.0 cm³/mol. The summed E-state index contributed by atoms with van der Waals surface area (Å²) in [5.74, 6) is 0.0975. The van der Waals surface area contributed by atoms with E-state index in [4.69, 9.17) is 0 Å². The Hall–Kier alpha value is -1.41. The molecule has 1 aromatic heterocycles. The number of aryl methyl sites for hydroxylation is 1. The molecule has 2 N–H and O–H groups in total. The standard InChI is InChI=1S/C15H24N4O3S/c1-15(7-3-8-15)10-23(21,22)18-11-4-5-13(20)17-14(11)12-6-9-16-19(12)2/h6,9,11,14,18H,3-5,7-8,10H2,1-2H3,(H,17,20)/t11-,14-/m1/s1. The lowest BCUT2D eigenvalue weighted by Gasteiger charge is -2.39. The number of hydrogen-bond donors (Lipinski definition) is 2. The van der Waals surface area contributed by atoms with E-state index in [0.717, 1.165) is 25.0 Å². The molecule has 0 bridgehead atoms. The average molecular weight is 340 g/mol. The topological polar surface area (TPSA) is 93.1 Å². The zero-order valence-corrected chi connectivity index (χ0v) is 14.4. The van der Waals surface area contributed by atoms with Gasteiger partial charge in [0.05, 0.1) is 17.5 Å².